The number of benzene rings is 3. The van der Waals surface area contributed by atoms with E-state index in [0.29, 0.717) is 17.7 Å². The predicted molar refractivity (Wildman–Crippen MR) is 100.0 cm³/mol. The average Bonchev–Trinajstić information content (AvgIpc) is 3.04. The van der Waals surface area contributed by atoms with Gasteiger partial charge in [0.2, 0.25) is 10.0 Å². The van der Waals surface area contributed by atoms with Gasteiger partial charge in [0.1, 0.15) is 0 Å². The number of nitrogens with two attached hydrogens (primary N) is 1. The molecule has 3 aromatic rings. The van der Waals surface area contributed by atoms with Gasteiger partial charge in [-0.05, 0) is 53.1 Å². The largest absolute Gasteiger partial charge is 0.266 e. The third-order valence-electron chi connectivity index (χ3n) is 4.54. The molecule has 0 bridgehead atoms. The van der Waals surface area contributed by atoms with Crippen LogP contribution in [-0.2, 0) is 26.5 Å². The van der Waals surface area contributed by atoms with E-state index < -0.39 is 20.0 Å². The maximum atomic E-state index is 13.1. The highest BCUT2D eigenvalue weighted by atomic mass is 32.2. The Morgan fingerprint density at radius 3 is 2.23 bits per heavy atom. The quantitative estimate of drug-likeness (QED) is 0.744. The second-order valence-corrected chi connectivity index (χ2v) is 9.60. The van der Waals surface area contributed by atoms with Gasteiger partial charge in [-0.3, -0.25) is 4.31 Å². The van der Waals surface area contributed by atoms with Crippen LogP contribution in [0.2, 0.25) is 0 Å². The lowest BCUT2D eigenvalue weighted by Crippen LogP contribution is -2.29. The van der Waals surface area contributed by atoms with Crippen molar-refractivity contribution >= 4 is 36.5 Å². The van der Waals surface area contributed by atoms with Crippen LogP contribution in [0, 0.1) is 0 Å². The molecule has 0 saturated heterocycles. The predicted octanol–water partition coefficient (Wildman–Crippen LogP) is 2.24. The molecule has 6 nitrogen and oxygen atoms in total. The second kappa shape index (κ2) is 5.80. The summed E-state index contributed by atoms with van der Waals surface area (Å²) in [4.78, 5) is 0.195. The van der Waals surface area contributed by atoms with Crippen LogP contribution in [0.3, 0.4) is 0 Å². The van der Waals surface area contributed by atoms with Crippen molar-refractivity contribution in [2.75, 3.05) is 10.8 Å². The SMILES string of the molecule is NS(=O)(=O)c1ccc2c(c1)CCN2S(=O)(=O)c1ccc2ccccc2c1. The number of fused-ring (bicyclic) bond motifs is 2. The summed E-state index contributed by atoms with van der Waals surface area (Å²) in [5, 5.41) is 6.96. The van der Waals surface area contributed by atoms with E-state index in [1.165, 1.54) is 22.5 Å². The van der Waals surface area contributed by atoms with Crippen LogP contribution in [0.25, 0.3) is 10.8 Å². The first-order valence-electron chi connectivity index (χ1n) is 7.94. The summed E-state index contributed by atoms with van der Waals surface area (Å²) in [6.45, 7) is 0.262. The number of anilines is 1. The lowest BCUT2D eigenvalue weighted by molar-refractivity contribution is 0.592. The van der Waals surface area contributed by atoms with Crippen molar-refractivity contribution in [3.63, 3.8) is 0 Å². The molecule has 0 amide bonds. The molecule has 2 N–H and O–H groups in total. The summed E-state index contributed by atoms with van der Waals surface area (Å²) < 4.78 is 50.5. The van der Waals surface area contributed by atoms with Crippen LogP contribution in [0.4, 0.5) is 5.69 Å². The van der Waals surface area contributed by atoms with Crippen LogP contribution >= 0.6 is 0 Å². The molecule has 8 heteroatoms. The Morgan fingerprint density at radius 2 is 1.50 bits per heavy atom. The van der Waals surface area contributed by atoms with Gasteiger partial charge in [-0.2, -0.15) is 0 Å². The van der Waals surface area contributed by atoms with Gasteiger partial charge in [0.25, 0.3) is 10.0 Å². The highest BCUT2D eigenvalue weighted by Gasteiger charge is 2.31. The number of rotatable bonds is 3. The highest BCUT2D eigenvalue weighted by molar-refractivity contribution is 7.92. The van der Waals surface area contributed by atoms with Crippen LogP contribution in [0.1, 0.15) is 5.56 Å². The molecule has 3 aromatic carbocycles. The van der Waals surface area contributed by atoms with E-state index in [1.807, 2.05) is 24.3 Å². The fourth-order valence-corrected chi connectivity index (χ4v) is 5.33. The average molecular weight is 388 g/mol. The lowest BCUT2D eigenvalue weighted by atomic mass is 10.1. The van der Waals surface area contributed by atoms with E-state index in [1.54, 1.807) is 18.2 Å². The van der Waals surface area contributed by atoms with Gasteiger partial charge in [-0.15, -0.1) is 0 Å². The van der Waals surface area contributed by atoms with Crippen molar-refractivity contribution in [3.05, 3.63) is 66.2 Å². The molecule has 0 aliphatic carbocycles. The zero-order valence-corrected chi connectivity index (χ0v) is 15.3. The number of primary sulfonamides is 1. The number of nitrogens with zero attached hydrogens (tertiary/aromatic N) is 1. The van der Waals surface area contributed by atoms with Gasteiger partial charge in [-0.25, -0.2) is 22.0 Å². The van der Waals surface area contributed by atoms with Crippen LogP contribution in [0.5, 0.6) is 0 Å². The topological polar surface area (TPSA) is 97.5 Å². The van der Waals surface area contributed by atoms with E-state index in [4.69, 9.17) is 5.14 Å². The van der Waals surface area contributed by atoms with E-state index in [0.717, 1.165) is 10.8 Å². The number of hydrogen-bond acceptors (Lipinski definition) is 4. The molecule has 0 spiro atoms. The molecule has 1 aliphatic heterocycles. The Hall–Kier alpha value is -2.42. The van der Waals surface area contributed by atoms with Gasteiger partial charge >= 0.3 is 0 Å². The second-order valence-electron chi connectivity index (χ2n) is 6.17. The van der Waals surface area contributed by atoms with Gasteiger partial charge in [0.15, 0.2) is 0 Å². The summed E-state index contributed by atoms with van der Waals surface area (Å²) in [7, 11) is -7.56. The number of sulfonamides is 2. The molecule has 0 radical (unpaired) electrons. The van der Waals surface area contributed by atoms with Gasteiger partial charge < -0.3 is 0 Å². The maximum absolute atomic E-state index is 13.1. The summed E-state index contributed by atoms with van der Waals surface area (Å²) in [5.41, 5.74) is 1.14. The zero-order chi connectivity index (χ0) is 18.5. The number of hydrogen-bond donors (Lipinski definition) is 1. The lowest BCUT2D eigenvalue weighted by Gasteiger charge is -2.20. The van der Waals surface area contributed by atoms with Gasteiger partial charge in [0, 0.05) is 6.54 Å². The Labute approximate surface area is 152 Å². The Morgan fingerprint density at radius 1 is 0.808 bits per heavy atom. The molecular weight excluding hydrogens is 372 g/mol. The first-order valence-corrected chi connectivity index (χ1v) is 10.9. The van der Waals surface area contributed by atoms with Crippen molar-refractivity contribution in [1.29, 1.82) is 0 Å². The third kappa shape index (κ3) is 2.76. The molecule has 1 heterocycles. The molecule has 0 atom stereocenters. The van der Waals surface area contributed by atoms with Crippen molar-refractivity contribution in [2.45, 2.75) is 16.2 Å². The van der Waals surface area contributed by atoms with Gasteiger partial charge in [-0.1, -0.05) is 30.3 Å². The molecule has 26 heavy (non-hydrogen) atoms. The van der Waals surface area contributed by atoms with Crippen molar-refractivity contribution in [1.82, 2.24) is 0 Å². The summed E-state index contributed by atoms with van der Waals surface area (Å²) in [5.74, 6) is 0. The standard InChI is InChI=1S/C18H16N2O4S2/c19-25(21,22)16-7-8-18-15(12-16)9-10-20(18)26(23,24)17-6-5-13-3-1-2-4-14(13)11-17/h1-8,11-12H,9-10H2,(H2,19,21,22). The van der Waals surface area contributed by atoms with Crippen LogP contribution in [-0.4, -0.2) is 23.4 Å². The van der Waals surface area contributed by atoms with E-state index >= 15 is 0 Å². The summed E-state index contributed by atoms with van der Waals surface area (Å²) >= 11 is 0. The molecule has 0 aromatic heterocycles. The Kier molecular flexibility index (Phi) is 3.80. The summed E-state index contributed by atoms with van der Waals surface area (Å²) in [6.07, 6.45) is 0.436. The van der Waals surface area contributed by atoms with Gasteiger partial charge in [0.05, 0.1) is 15.5 Å². The molecule has 4 rings (SSSR count). The smallest absolute Gasteiger partial charge is 0.264 e. The molecule has 0 saturated carbocycles. The zero-order valence-electron chi connectivity index (χ0n) is 13.7. The highest BCUT2D eigenvalue weighted by Crippen LogP contribution is 2.34. The van der Waals surface area contributed by atoms with Crippen LogP contribution < -0.4 is 9.44 Å². The molecule has 134 valence electrons. The molecule has 0 fully saturated rings. The van der Waals surface area contributed by atoms with E-state index in [9.17, 15) is 16.8 Å². The van der Waals surface area contributed by atoms with E-state index in [2.05, 4.69) is 0 Å². The molecule has 0 unspecified atom stereocenters. The Bertz CT molecular complexity index is 1240. The third-order valence-corrected chi connectivity index (χ3v) is 7.26. The normalized spacial score (nSPS) is 14.6. The minimum atomic E-state index is -3.82. The van der Waals surface area contributed by atoms with E-state index in [-0.39, 0.29) is 16.3 Å². The molecular formula is C18H16N2O4S2. The van der Waals surface area contributed by atoms with Crippen molar-refractivity contribution < 1.29 is 16.8 Å². The monoisotopic (exact) mass is 388 g/mol. The van der Waals surface area contributed by atoms with Crippen molar-refractivity contribution in [2.24, 2.45) is 5.14 Å². The molecule has 1 aliphatic rings. The van der Waals surface area contributed by atoms with Crippen LogP contribution in [0.15, 0.2) is 70.5 Å². The Balaban J connectivity index is 1.78. The first kappa shape index (κ1) is 17.0. The fraction of sp³-hybridized carbons (Fsp3) is 0.111. The summed E-state index contributed by atoms with van der Waals surface area (Å²) in [6, 6.07) is 16.9. The minimum absolute atomic E-state index is 0.0128. The first-order chi connectivity index (χ1) is 12.3. The van der Waals surface area contributed by atoms with Crippen molar-refractivity contribution in [3.8, 4) is 0 Å². The maximum Gasteiger partial charge on any atom is 0.264 e. The minimum Gasteiger partial charge on any atom is -0.266 e. The fourth-order valence-electron chi connectivity index (χ4n) is 3.23.